The molecule has 4 rings (SSSR count). The molecule has 1 aliphatic carbocycles. The highest BCUT2D eigenvalue weighted by atomic mass is 32.1. The third-order valence-corrected chi connectivity index (χ3v) is 7.45. The van der Waals surface area contributed by atoms with Gasteiger partial charge in [0.05, 0.1) is 16.6 Å². The third kappa shape index (κ3) is 4.89. The molecule has 2 aliphatic rings. The number of amides is 2. The van der Waals surface area contributed by atoms with Crippen LogP contribution >= 0.6 is 11.3 Å². The van der Waals surface area contributed by atoms with Gasteiger partial charge in [-0.05, 0) is 63.9 Å². The molecule has 2 amide bonds. The normalized spacial score (nSPS) is 16.9. The first-order chi connectivity index (χ1) is 15.0. The van der Waals surface area contributed by atoms with Crippen LogP contribution < -0.4 is 10.9 Å². The number of rotatable bonds is 6. The standard InChI is InChI=1S/C23H30N4O3S/c1-16-19-22(31-20(16)21(29)24-11-10-17-8-4-2-5-9-17)25-15-27(23(19)30)14-18(28)26-12-6-3-7-13-26/h8,15H,2-7,9-14H2,1H3,(H,24,29). The lowest BCUT2D eigenvalue weighted by Crippen LogP contribution is -2.39. The van der Waals surface area contributed by atoms with Crippen molar-refractivity contribution in [1.29, 1.82) is 0 Å². The van der Waals surface area contributed by atoms with Crippen LogP contribution in [0.2, 0.25) is 0 Å². The van der Waals surface area contributed by atoms with Gasteiger partial charge in [-0.3, -0.25) is 19.0 Å². The maximum absolute atomic E-state index is 13.0. The van der Waals surface area contributed by atoms with E-state index in [0.717, 1.165) is 51.6 Å². The summed E-state index contributed by atoms with van der Waals surface area (Å²) in [5.74, 6) is -0.210. The largest absolute Gasteiger partial charge is 0.351 e. The Labute approximate surface area is 186 Å². The van der Waals surface area contributed by atoms with E-state index < -0.39 is 0 Å². The highest BCUT2D eigenvalue weighted by Gasteiger charge is 2.22. The number of likely N-dealkylation sites (tertiary alicyclic amines) is 1. The summed E-state index contributed by atoms with van der Waals surface area (Å²) in [6.45, 7) is 3.88. The minimum absolute atomic E-state index is 0.00625. The van der Waals surface area contributed by atoms with Crippen molar-refractivity contribution in [1.82, 2.24) is 19.8 Å². The summed E-state index contributed by atoms with van der Waals surface area (Å²) >= 11 is 1.24. The summed E-state index contributed by atoms with van der Waals surface area (Å²) in [4.78, 5) is 45.6. The molecule has 0 bridgehead atoms. The van der Waals surface area contributed by atoms with Crippen LogP contribution in [0.1, 0.15) is 66.6 Å². The van der Waals surface area contributed by atoms with Crippen molar-refractivity contribution >= 4 is 33.4 Å². The van der Waals surface area contributed by atoms with Crippen LogP contribution in [0.15, 0.2) is 22.8 Å². The number of piperidine rings is 1. The minimum Gasteiger partial charge on any atom is -0.351 e. The second kappa shape index (κ2) is 9.77. The lowest BCUT2D eigenvalue weighted by Gasteiger charge is -2.26. The zero-order valence-corrected chi connectivity index (χ0v) is 18.9. The Bertz CT molecular complexity index is 1060. The van der Waals surface area contributed by atoms with Crippen molar-refractivity contribution in [2.75, 3.05) is 19.6 Å². The number of nitrogens with zero attached hydrogens (tertiary/aromatic N) is 3. The van der Waals surface area contributed by atoms with E-state index in [1.807, 2.05) is 4.90 Å². The first-order valence-electron chi connectivity index (χ1n) is 11.3. The van der Waals surface area contributed by atoms with Gasteiger partial charge in [-0.2, -0.15) is 0 Å². The molecular weight excluding hydrogens is 412 g/mol. The van der Waals surface area contributed by atoms with Crippen LogP contribution in [0.4, 0.5) is 0 Å². The Morgan fingerprint density at radius 2 is 1.97 bits per heavy atom. The third-order valence-electron chi connectivity index (χ3n) is 6.25. The van der Waals surface area contributed by atoms with Crippen molar-refractivity contribution in [3.05, 3.63) is 38.8 Å². The van der Waals surface area contributed by atoms with E-state index in [1.165, 1.54) is 40.6 Å². The average molecular weight is 443 g/mol. The van der Waals surface area contributed by atoms with Gasteiger partial charge in [0.2, 0.25) is 5.91 Å². The molecule has 1 fully saturated rings. The van der Waals surface area contributed by atoms with Crippen LogP contribution in [0.5, 0.6) is 0 Å². The van der Waals surface area contributed by atoms with Crippen molar-refractivity contribution in [2.45, 2.75) is 64.8 Å². The second-order valence-corrected chi connectivity index (χ2v) is 9.47. The zero-order valence-electron chi connectivity index (χ0n) is 18.1. The molecule has 1 saturated heterocycles. The molecule has 0 aromatic carbocycles. The van der Waals surface area contributed by atoms with Crippen LogP contribution in [0.25, 0.3) is 10.2 Å². The molecule has 2 aromatic rings. The maximum atomic E-state index is 13.0. The fraction of sp³-hybridized carbons (Fsp3) is 0.565. The molecule has 0 spiro atoms. The zero-order chi connectivity index (χ0) is 21.8. The molecular formula is C23H30N4O3S. The maximum Gasteiger partial charge on any atom is 0.262 e. The molecule has 7 nitrogen and oxygen atoms in total. The van der Waals surface area contributed by atoms with E-state index in [1.54, 1.807) is 6.92 Å². The molecule has 0 radical (unpaired) electrons. The average Bonchev–Trinajstić information content (AvgIpc) is 3.14. The number of carbonyl (C=O) groups is 2. The molecule has 8 heteroatoms. The number of aryl methyl sites for hydroxylation is 1. The van der Waals surface area contributed by atoms with Crippen LogP contribution in [0.3, 0.4) is 0 Å². The monoisotopic (exact) mass is 442 g/mol. The first kappa shape index (κ1) is 21.7. The predicted molar refractivity (Wildman–Crippen MR) is 123 cm³/mol. The van der Waals surface area contributed by atoms with Gasteiger partial charge in [-0.1, -0.05) is 11.6 Å². The number of hydrogen-bond donors (Lipinski definition) is 1. The van der Waals surface area contributed by atoms with E-state index in [4.69, 9.17) is 0 Å². The van der Waals surface area contributed by atoms with E-state index in [2.05, 4.69) is 16.4 Å². The summed E-state index contributed by atoms with van der Waals surface area (Å²) in [5, 5.41) is 3.43. The second-order valence-electron chi connectivity index (χ2n) is 8.47. The molecule has 0 unspecified atom stereocenters. The van der Waals surface area contributed by atoms with Gasteiger partial charge in [0.1, 0.15) is 11.4 Å². The molecule has 0 saturated carbocycles. The van der Waals surface area contributed by atoms with E-state index in [-0.39, 0.29) is 23.9 Å². The SMILES string of the molecule is Cc1c(C(=O)NCCC2=CCCCC2)sc2ncn(CC(=O)N3CCCCC3)c(=O)c12. The Morgan fingerprint density at radius 1 is 1.16 bits per heavy atom. The Balaban J connectivity index is 1.47. The molecule has 1 aliphatic heterocycles. The van der Waals surface area contributed by atoms with Crippen molar-refractivity contribution in [3.63, 3.8) is 0 Å². The van der Waals surface area contributed by atoms with Crippen LogP contribution in [-0.2, 0) is 11.3 Å². The molecule has 166 valence electrons. The van der Waals surface area contributed by atoms with E-state index >= 15 is 0 Å². The summed E-state index contributed by atoms with van der Waals surface area (Å²) < 4.78 is 1.37. The van der Waals surface area contributed by atoms with Gasteiger partial charge in [-0.15, -0.1) is 11.3 Å². The summed E-state index contributed by atoms with van der Waals surface area (Å²) in [6.07, 6.45) is 12.5. The van der Waals surface area contributed by atoms with Crippen LogP contribution in [-0.4, -0.2) is 45.9 Å². The Morgan fingerprint density at radius 3 is 2.71 bits per heavy atom. The quantitative estimate of drug-likeness (QED) is 0.695. The number of nitrogens with one attached hydrogen (secondary N) is 1. The van der Waals surface area contributed by atoms with Crippen molar-refractivity contribution in [3.8, 4) is 0 Å². The van der Waals surface area contributed by atoms with Gasteiger partial charge in [-0.25, -0.2) is 4.98 Å². The van der Waals surface area contributed by atoms with Gasteiger partial charge in [0.15, 0.2) is 0 Å². The van der Waals surface area contributed by atoms with Gasteiger partial charge >= 0.3 is 0 Å². The number of carbonyl (C=O) groups excluding carboxylic acids is 2. The Hall–Kier alpha value is -2.48. The Kier molecular flexibility index (Phi) is 6.85. The number of allylic oxidation sites excluding steroid dienone is 1. The number of thiophene rings is 1. The molecule has 2 aromatic heterocycles. The van der Waals surface area contributed by atoms with Gasteiger partial charge in [0.25, 0.3) is 11.5 Å². The molecule has 0 atom stereocenters. The number of hydrogen-bond acceptors (Lipinski definition) is 5. The minimum atomic E-state index is -0.254. The summed E-state index contributed by atoms with van der Waals surface area (Å²) in [7, 11) is 0. The van der Waals surface area contributed by atoms with Crippen molar-refractivity contribution in [2.24, 2.45) is 0 Å². The highest BCUT2D eigenvalue weighted by Crippen LogP contribution is 2.27. The van der Waals surface area contributed by atoms with E-state index in [9.17, 15) is 14.4 Å². The number of aromatic nitrogens is 2. The highest BCUT2D eigenvalue weighted by molar-refractivity contribution is 7.20. The van der Waals surface area contributed by atoms with E-state index in [0.29, 0.717) is 27.2 Å². The van der Waals surface area contributed by atoms with Crippen molar-refractivity contribution < 1.29 is 9.59 Å². The van der Waals surface area contributed by atoms with Gasteiger partial charge in [0, 0.05) is 19.6 Å². The topological polar surface area (TPSA) is 84.3 Å². The lowest BCUT2D eigenvalue weighted by atomic mass is 9.97. The smallest absolute Gasteiger partial charge is 0.262 e. The fourth-order valence-electron chi connectivity index (χ4n) is 4.43. The molecule has 1 N–H and O–H groups in total. The lowest BCUT2D eigenvalue weighted by molar-refractivity contribution is -0.132. The first-order valence-corrected chi connectivity index (χ1v) is 12.1. The van der Waals surface area contributed by atoms with Crippen LogP contribution in [0, 0.1) is 6.92 Å². The molecule has 31 heavy (non-hydrogen) atoms. The fourth-order valence-corrected chi connectivity index (χ4v) is 5.48. The summed E-state index contributed by atoms with van der Waals surface area (Å²) in [5.41, 5.74) is 1.81. The summed E-state index contributed by atoms with van der Waals surface area (Å²) in [6, 6.07) is 0. The van der Waals surface area contributed by atoms with Gasteiger partial charge < -0.3 is 10.2 Å². The molecule has 3 heterocycles. The predicted octanol–water partition coefficient (Wildman–Crippen LogP) is 3.40. The number of fused-ring (bicyclic) bond motifs is 1.